The molecule has 0 aliphatic carbocycles. The van der Waals surface area contributed by atoms with Crippen LogP contribution in [-0.2, 0) is 9.53 Å². The van der Waals surface area contributed by atoms with Crippen LogP contribution in [0, 0.1) is 0 Å². The summed E-state index contributed by atoms with van der Waals surface area (Å²) in [6, 6.07) is 0. The molecule has 0 N–H and O–H groups in total. The minimum absolute atomic E-state index is 0. The van der Waals surface area contributed by atoms with E-state index >= 15 is 0 Å². The van der Waals surface area contributed by atoms with Crippen molar-refractivity contribution in [1.82, 2.24) is 0 Å². The Labute approximate surface area is 68.4 Å². The van der Waals surface area contributed by atoms with E-state index in [0.29, 0.717) is 13.1 Å². The van der Waals surface area contributed by atoms with Crippen molar-refractivity contribution in [2.45, 2.75) is 32.6 Å². The van der Waals surface area contributed by atoms with Gasteiger partial charge in [0.25, 0.3) is 6.47 Å². The first-order valence-electron chi connectivity index (χ1n) is 3.47. The Morgan fingerprint density at radius 2 is 2.00 bits per heavy atom. The van der Waals surface area contributed by atoms with Gasteiger partial charge in [0.15, 0.2) is 0 Å². The molecular weight excluding hydrogens is 152 g/mol. The van der Waals surface area contributed by atoms with E-state index in [-0.39, 0.29) is 12.4 Å². The van der Waals surface area contributed by atoms with Gasteiger partial charge in [-0.2, -0.15) is 0 Å². The fraction of sp³-hybridized carbons (Fsp3) is 0.857. The lowest BCUT2D eigenvalue weighted by atomic mass is 10.2. The molecule has 0 aromatic rings. The summed E-state index contributed by atoms with van der Waals surface area (Å²) >= 11 is 0. The normalized spacial score (nSPS) is 8.10. The monoisotopic (exact) mass is 166 g/mol. The number of carbonyl (C=O) groups is 1. The molecule has 0 spiro atoms. The van der Waals surface area contributed by atoms with Crippen LogP contribution in [-0.4, -0.2) is 13.1 Å². The lowest BCUT2D eigenvalue weighted by molar-refractivity contribution is -0.128. The highest BCUT2D eigenvalue weighted by Crippen LogP contribution is 1.97. The second kappa shape index (κ2) is 11.5. The molecule has 0 atom stereocenters. The Hall–Kier alpha value is -0.240. The summed E-state index contributed by atoms with van der Waals surface area (Å²) in [5.41, 5.74) is 0. The quantitative estimate of drug-likeness (QED) is 0.447. The lowest BCUT2D eigenvalue weighted by Gasteiger charge is -1.95. The molecule has 3 heteroatoms. The van der Waals surface area contributed by atoms with Crippen LogP contribution in [0.25, 0.3) is 0 Å². The maximum atomic E-state index is 9.62. The van der Waals surface area contributed by atoms with Crippen molar-refractivity contribution >= 4 is 18.9 Å². The van der Waals surface area contributed by atoms with Gasteiger partial charge in [0.1, 0.15) is 0 Å². The minimum Gasteiger partial charge on any atom is -0.468 e. The van der Waals surface area contributed by atoms with Gasteiger partial charge in [-0.15, -0.1) is 12.4 Å². The van der Waals surface area contributed by atoms with Crippen molar-refractivity contribution in [3.8, 4) is 0 Å². The molecule has 0 aliphatic rings. The van der Waals surface area contributed by atoms with Gasteiger partial charge in [-0.05, 0) is 6.42 Å². The van der Waals surface area contributed by atoms with E-state index in [1.54, 1.807) is 0 Å². The zero-order chi connectivity index (χ0) is 6.95. The van der Waals surface area contributed by atoms with Gasteiger partial charge >= 0.3 is 0 Å². The second-order valence-corrected chi connectivity index (χ2v) is 2.03. The molecular formula is C7H15ClO2. The van der Waals surface area contributed by atoms with Crippen molar-refractivity contribution in [1.29, 1.82) is 0 Å². The molecule has 0 aromatic carbocycles. The predicted molar refractivity (Wildman–Crippen MR) is 43.4 cm³/mol. The predicted octanol–water partition coefficient (Wildman–Crippen LogP) is 2.16. The Kier molecular flexibility index (Phi) is 14.4. The molecule has 0 amide bonds. The van der Waals surface area contributed by atoms with Gasteiger partial charge in [-0.25, -0.2) is 0 Å². The molecule has 0 fully saturated rings. The molecule has 0 bridgehead atoms. The second-order valence-electron chi connectivity index (χ2n) is 2.03. The zero-order valence-corrected chi connectivity index (χ0v) is 7.15. The third kappa shape index (κ3) is 10.7. The topological polar surface area (TPSA) is 26.3 Å². The summed E-state index contributed by atoms with van der Waals surface area (Å²) in [4.78, 5) is 9.62. The maximum absolute atomic E-state index is 9.62. The van der Waals surface area contributed by atoms with E-state index in [2.05, 4.69) is 11.7 Å². The summed E-state index contributed by atoms with van der Waals surface area (Å²) in [5.74, 6) is 0. The largest absolute Gasteiger partial charge is 0.468 e. The fourth-order valence-corrected chi connectivity index (χ4v) is 0.660. The number of carbonyl (C=O) groups excluding carboxylic acids is 1. The van der Waals surface area contributed by atoms with Crippen molar-refractivity contribution in [2.24, 2.45) is 0 Å². The van der Waals surface area contributed by atoms with Crippen LogP contribution in [0.1, 0.15) is 32.6 Å². The van der Waals surface area contributed by atoms with E-state index < -0.39 is 0 Å². The Morgan fingerprint density at radius 1 is 1.30 bits per heavy atom. The van der Waals surface area contributed by atoms with E-state index in [0.717, 1.165) is 6.42 Å². The van der Waals surface area contributed by atoms with E-state index in [1.807, 2.05) is 0 Å². The van der Waals surface area contributed by atoms with Crippen molar-refractivity contribution in [3.63, 3.8) is 0 Å². The first kappa shape index (κ1) is 12.4. The maximum Gasteiger partial charge on any atom is 0.293 e. The minimum atomic E-state index is 0. The number of ether oxygens (including phenoxy) is 1. The average Bonchev–Trinajstić information content (AvgIpc) is 1.89. The fourth-order valence-electron chi connectivity index (χ4n) is 0.660. The highest BCUT2D eigenvalue weighted by molar-refractivity contribution is 5.85. The van der Waals surface area contributed by atoms with Crippen LogP contribution in [0.4, 0.5) is 0 Å². The molecule has 0 radical (unpaired) electrons. The van der Waals surface area contributed by atoms with Crippen LogP contribution in [0.15, 0.2) is 0 Å². The number of hydrogen-bond acceptors (Lipinski definition) is 2. The average molecular weight is 167 g/mol. The molecule has 10 heavy (non-hydrogen) atoms. The first-order chi connectivity index (χ1) is 4.41. The molecule has 0 rings (SSSR count). The van der Waals surface area contributed by atoms with E-state index in [1.165, 1.54) is 19.3 Å². The molecule has 0 saturated heterocycles. The highest BCUT2D eigenvalue weighted by Gasteiger charge is 1.85. The van der Waals surface area contributed by atoms with E-state index in [9.17, 15) is 4.79 Å². The van der Waals surface area contributed by atoms with Crippen LogP contribution >= 0.6 is 12.4 Å². The summed E-state index contributed by atoms with van der Waals surface area (Å²) in [6.07, 6.45) is 4.64. The van der Waals surface area contributed by atoms with Crippen LogP contribution in [0.3, 0.4) is 0 Å². The van der Waals surface area contributed by atoms with Crippen LogP contribution < -0.4 is 0 Å². The van der Waals surface area contributed by atoms with Crippen LogP contribution in [0.2, 0.25) is 0 Å². The van der Waals surface area contributed by atoms with Gasteiger partial charge in [0.05, 0.1) is 6.61 Å². The Morgan fingerprint density at radius 3 is 2.50 bits per heavy atom. The summed E-state index contributed by atoms with van der Waals surface area (Å²) in [5, 5.41) is 0. The summed E-state index contributed by atoms with van der Waals surface area (Å²) < 4.78 is 4.50. The summed E-state index contributed by atoms with van der Waals surface area (Å²) in [6.45, 7) is 3.25. The van der Waals surface area contributed by atoms with Gasteiger partial charge in [-0.3, -0.25) is 4.79 Å². The van der Waals surface area contributed by atoms with Crippen LogP contribution in [0.5, 0.6) is 0 Å². The third-order valence-corrected chi connectivity index (χ3v) is 1.18. The Balaban J connectivity index is 0. The SMILES string of the molecule is CCCCCCOC=O.Cl. The highest BCUT2D eigenvalue weighted by atomic mass is 35.5. The first-order valence-corrected chi connectivity index (χ1v) is 3.47. The molecule has 0 aliphatic heterocycles. The zero-order valence-electron chi connectivity index (χ0n) is 6.34. The molecule has 0 saturated carbocycles. The number of halogens is 1. The van der Waals surface area contributed by atoms with Gasteiger partial charge in [0, 0.05) is 0 Å². The molecule has 0 heterocycles. The van der Waals surface area contributed by atoms with E-state index in [4.69, 9.17) is 0 Å². The lowest BCUT2D eigenvalue weighted by Crippen LogP contribution is -1.90. The van der Waals surface area contributed by atoms with Crippen molar-refractivity contribution in [3.05, 3.63) is 0 Å². The number of unbranched alkanes of at least 4 members (excludes halogenated alkanes) is 3. The molecule has 0 aromatic heterocycles. The summed E-state index contributed by atoms with van der Waals surface area (Å²) in [7, 11) is 0. The van der Waals surface area contributed by atoms with Gasteiger partial charge in [-0.1, -0.05) is 26.2 Å². The van der Waals surface area contributed by atoms with Crippen molar-refractivity contribution in [2.75, 3.05) is 6.61 Å². The van der Waals surface area contributed by atoms with Crippen molar-refractivity contribution < 1.29 is 9.53 Å². The number of hydrogen-bond donors (Lipinski definition) is 0. The molecule has 0 unspecified atom stereocenters. The Bertz CT molecular complexity index is 66.6. The molecule has 2 nitrogen and oxygen atoms in total. The van der Waals surface area contributed by atoms with Gasteiger partial charge < -0.3 is 4.74 Å². The van der Waals surface area contributed by atoms with Gasteiger partial charge in [0.2, 0.25) is 0 Å². The smallest absolute Gasteiger partial charge is 0.293 e. The number of rotatable bonds is 6. The molecule has 62 valence electrons. The standard InChI is InChI=1S/C7H14O2.ClH/c1-2-3-4-5-6-9-7-8;/h7H,2-6H2,1H3;1H. The third-order valence-electron chi connectivity index (χ3n) is 1.18.